The average Bonchev–Trinajstić information content (AvgIpc) is 2.27. The van der Waals surface area contributed by atoms with E-state index in [9.17, 15) is 9.59 Å². The Kier molecular flexibility index (Phi) is 4.18. The van der Waals surface area contributed by atoms with E-state index >= 15 is 0 Å². The maximum Gasteiger partial charge on any atom is 0.309 e. The molecule has 0 bridgehead atoms. The fourth-order valence-electron chi connectivity index (χ4n) is 1.74. The molecular formula is C16H22O3. The van der Waals surface area contributed by atoms with Crippen molar-refractivity contribution < 1.29 is 14.7 Å². The van der Waals surface area contributed by atoms with Crippen LogP contribution in [0.1, 0.15) is 57.0 Å². The summed E-state index contributed by atoms with van der Waals surface area (Å²) in [6.07, 6.45) is 0.0111. The van der Waals surface area contributed by atoms with Crippen molar-refractivity contribution in [3.8, 4) is 0 Å². The molecular weight excluding hydrogens is 240 g/mol. The molecule has 19 heavy (non-hydrogen) atoms. The van der Waals surface area contributed by atoms with Gasteiger partial charge < -0.3 is 5.11 Å². The smallest absolute Gasteiger partial charge is 0.309 e. The highest BCUT2D eigenvalue weighted by Crippen LogP contribution is 2.25. The van der Waals surface area contributed by atoms with Crippen LogP contribution < -0.4 is 0 Å². The lowest BCUT2D eigenvalue weighted by molar-refractivity contribution is -0.146. The molecule has 3 nitrogen and oxygen atoms in total. The number of ketones is 1. The van der Waals surface area contributed by atoms with Crippen molar-refractivity contribution in [3.05, 3.63) is 35.4 Å². The zero-order valence-electron chi connectivity index (χ0n) is 12.3. The normalized spacial score (nSPS) is 12.3. The van der Waals surface area contributed by atoms with Gasteiger partial charge in [0.25, 0.3) is 0 Å². The molecule has 104 valence electrons. The third-order valence-corrected chi connectivity index (χ3v) is 3.25. The minimum absolute atomic E-state index is 0.0111. The Labute approximate surface area is 114 Å². The van der Waals surface area contributed by atoms with Crippen LogP contribution in [0.3, 0.4) is 0 Å². The third kappa shape index (κ3) is 3.91. The Morgan fingerprint density at radius 3 is 1.84 bits per heavy atom. The van der Waals surface area contributed by atoms with E-state index in [0.717, 1.165) is 5.56 Å². The maximum atomic E-state index is 12.1. The molecule has 0 aromatic heterocycles. The largest absolute Gasteiger partial charge is 0.481 e. The lowest BCUT2D eigenvalue weighted by Gasteiger charge is -2.20. The molecule has 0 radical (unpaired) electrons. The molecule has 0 amide bonds. The monoisotopic (exact) mass is 262 g/mol. The summed E-state index contributed by atoms with van der Waals surface area (Å²) >= 11 is 0. The first-order valence-corrected chi connectivity index (χ1v) is 6.41. The summed E-state index contributed by atoms with van der Waals surface area (Å²) in [6, 6.07) is 7.42. The van der Waals surface area contributed by atoms with Gasteiger partial charge in [0.1, 0.15) is 0 Å². The van der Waals surface area contributed by atoms with Gasteiger partial charge >= 0.3 is 5.97 Å². The summed E-state index contributed by atoms with van der Waals surface area (Å²) < 4.78 is 0. The quantitative estimate of drug-likeness (QED) is 0.842. The van der Waals surface area contributed by atoms with Gasteiger partial charge in [-0.15, -0.1) is 0 Å². The van der Waals surface area contributed by atoms with Crippen LogP contribution >= 0.6 is 0 Å². The van der Waals surface area contributed by atoms with Gasteiger partial charge in [0, 0.05) is 12.0 Å². The zero-order valence-corrected chi connectivity index (χ0v) is 12.3. The van der Waals surface area contributed by atoms with Crippen molar-refractivity contribution in [3.63, 3.8) is 0 Å². The molecule has 0 fully saturated rings. The Morgan fingerprint density at radius 2 is 1.47 bits per heavy atom. The van der Waals surface area contributed by atoms with Crippen molar-refractivity contribution in [2.45, 2.75) is 46.5 Å². The molecule has 0 saturated carbocycles. The number of carbonyl (C=O) groups is 2. The predicted octanol–water partition coefficient (Wildman–Crippen LogP) is 3.67. The van der Waals surface area contributed by atoms with Gasteiger partial charge in [0.15, 0.2) is 5.78 Å². The standard InChI is InChI=1S/C16H22O3/c1-15(2,3)12-8-6-11(7-9-12)13(17)10-16(4,5)14(18)19/h6-9H,10H2,1-5H3,(H,18,19). The van der Waals surface area contributed by atoms with Crippen molar-refractivity contribution in [1.29, 1.82) is 0 Å². The van der Waals surface area contributed by atoms with E-state index in [4.69, 9.17) is 5.11 Å². The highest BCUT2D eigenvalue weighted by atomic mass is 16.4. The van der Waals surface area contributed by atoms with E-state index in [-0.39, 0.29) is 17.6 Å². The number of carbonyl (C=O) groups excluding carboxylic acids is 1. The molecule has 0 aliphatic rings. The molecule has 0 aliphatic heterocycles. The number of aliphatic carboxylic acids is 1. The second kappa shape index (κ2) is 5.16. The van der Waals surface area contributed by atoms with E-state index in [1.807, 2.05) is 12.1 Å². The van der Waals surface area contributed by atoms with E-state index in [1.165, 1.54) is 0 Å². The summed E-state index contributed by atoms with van der Waals surface area (Å²) in [5.74, 6) is -1.08. The third-order valence-electron chi connectivity index (χ3n) is 3.25. The Bertz CT molecular complexity index is 476. The Balaban J connectivity index is 2.88. The molecule has 1 aromatic carbocycles. The minimum Gasteiger partial charge on any atom is -0.481 e. The highest BCUT2D eigenvalue weighted by molar-refractivity contribution is 5.98. The van der Waals surface area contributed by atoms with Crippen molar-refractivity contribution >= 4 is 11.8 Å². The van der Waals surface area contributed by atoms with Gasteiger partial charge in [0.2, 0.25) is 0 Å². The summed E-state index contributed by atoms with van der Waals surface area (Å²) in [6.45, 7) is 9.46. The molecule has 1 rings (SSSR count). The lowest BCUT2D eigenvalue weighted by Crippen LogP contribution is -2.27. The molecule has 0 heterocycles. The zero-order chi connectivity index (χ0) is 14.8. The van der Waals surface area contributed by atoms with E-state index in [2.05, 4.69) is 20.8 Å². The van der Waals surface area contributed by atoms with Crippen LogP contribution in [0.5, 0.6) is 0 Å². The number of rotatable bonds is 4. The lowest BCUT2D eigenvalue weighted by atomic mass is 9.84. The SMILES string of the molecule is CC(C)(CC(=O)c1ccc(C(C)(C)C)cc1)C(=O)O. The molecule has 0 spiro atoms. The molecule has 0 saturated heterocycles. The molecule has 1 N–H and O–H groups in total. The van der Waals surface area contributed by atoms with Crippen LogP contribution in [0.15, 0.2) is 24.3 Å². The number of carboxylic acid groups (broad SMARTS) is 1. The van der Waals surface area contributed by atoms with E-state index in [0.29, 0.717) is 5.56 Å². The average molecular weight is 262 g/mol. The predicted molar refractivity (Wildman–Crippen MR) is 75.5 cm³/mol. The van der Waals surface area contributed by atoms with Gasteiger partial charge in [-0.2, -0.15) is 0 Å². The summed E-state index contributed by atoms with van der Waals surface area (Å²) in [7, 11) is 0. The molecule has 0 atom stereocenters. The molecule has 0 aliphatic carbocycles. The van der Waals surface area contributed by atoms with Crippen LogP contribution in [0.2, 0.25) is 0 Å². The van der Waals surface area contributed by atoms with Gasteiger partial charge in [-0.3, -0.25) is 9.59 Å². The summed E-state index contributed by atoms with van der Waals surface area (Å²) in [5, 5.41) is 9.04. The van der Waals surface area contributed by atoms with Crippen LogP contribution in [0.4, 0.5) is 0 Å². The van der Waals surface area contributed by atoms with E-state index in [1.54, 1.807) is 26.0 Å². The van der Waals surface area contributed by atoms with Crippen molar-refractivity contribution in [2.24, 2.45) is 5.41 Å². The Morgan fingerprint density at radius 1 is 1.00 bits per heavy atom. The molecule has 0 unspecified atom stereocenters. The topological polar surface area (TPSA) is 54.4 Å². The van der Waals surface area contributed by atoms with Crippen molar-refractivity contribution in [1.82, 2.24) is 0 Å². The van der Waals surface area contributed by atoms with Gasteiger partial charge in [0.05, 0.1) is 5.41 Å². The summed E-state index contributed by atoms with van der Waals surface area (Å²) in [4.78, 5) is 23.1. The first kappa shape index (κ1) is 15.4. The minimum atomic E-state index is -1.03. The summed E-state index contributed by atoms with van der Waals surface area (Å²) in [5.41, 5.74) is 0.741. The Hall–Kier alpha value is -1.64. The van der Waals surface area contributed by atoms with Gasteiger partial charge in [-0.25, -0.2) is 0 Å². The van der Waals surface area contributed by atoms with E-state index < -0.39 is 11.4 Å². The number of benzene rings is 1. The highest BCUT2D eigenvalue weighted by Gasteiger charge is 2.30. The van der Waals surface area contributed by atoms with Crippen LogP contribution in [-0.2, 0) is 10.2 Å². The first-order chi connectivity index (χ1) is 8.54. The van der Waals surface area contributed by atoms with Gasteiger partial charge in [-0.1, -0.05) is 45.0 Å². The fourth-order valence-corrected chi connectivity index (χ4v) is 1.74. The number of hydrogen-bond acceptors (Lipinski definition) is 2. The molecule has 3 heteroatoms. The number of carboxylic acids is 1. The van der Waals surface area contributed by atoms with Gasteiger partial charge in [-0.05, 0) is 24.8 Å². The maximum absolute atomic E-state index is 12.1. The first-order valence-electron chi connectivity index (χ1n) is 6.41. The number of Topliss-reactive ketones (excluding diaryl/α,β-unsaturated/α-hetero) is 1. The van der Waals surface area contributed by atoms with Crippen LogP contribution in [0, 0.1) is 5.41 Å². The second-order valence-corrected chi connectivity index (χ2v) is 6.62. The number of hydrogen-bond donors (Lipinski definition) is 1. The molecule has 1 aromatic rings. The second-order valence-electron chi connectivity index (χ2n) is 6.62. The fraction of sp³-hybridized carbons (Fsp3) is 0.500. The van der Waals surface area contributed by atoms with Crippen molar-refractivity contribution in [2.75, 3.05) is 0 Å². The van der Waals surface area contributed by atoms with Crippen LogP contribution in [0.25, 0.3) is 0 Å². The van der Waals surface area contributed by atoms with Crippen LogP contribution in [-0.4, -0.2) is 16.9 Å².